The first-order valence-electron chi connectivity index (χ1n) is 5.28. The van der Waals surface area contributed by atoms with Crippen molar-refractivity contribution in [2.45, 2.75) is 4.90 Å². The molecule has 2 aromatic rings. The first-order valence-corrected chi connectivity index (χ1v) is 6.84. The van der Waals surface area contributed by atoms with E-state index in [0.717, 1.165) is 16.1 Å². The molecular formula is C14H13NOS. The second-order valence-corrected chi connectivity index (χ2v) is 5.00. The lowest BCUT2D eigenvalue weighted by Gasteiger charge is -1.97. The van der Waals surface area contributed by atoms with E-state index >= 15 is 0 Å². The van der Waals surface area contributed by atoms with Crippen molar-refractivity contribution in [2.75, 3.05) is 6.26 Å². The van der Waals surface area contributed by atoms with Crippen molar-refractivity contribution < 1.29 is 4.21 Å². The average Bonchev–Trinajstić information content (AvgIpc) is 2.38. The van der Waals surface area contributed by atoms with Crippen LogP contribution in [0.25, 0.3) is 0 Å². The number of hydrogen-bond acceptors (Lipinski definition) is 2. The summed E-state index contributed by atoms with van der Waals surface area (Å²) in [4.78, 5) is 5.19. The highest BCUT2D eigenvalue weighted by Crippen LogP contribution is 2.11. The van der Waals surface area contributed by atoms with Crippen LogP contribution in [0.15, 0.2) is 64.5 Å². The van der Waals surface area contributed by atoms with E-state index in [4.69, 9.17) is 0 Å². The summed E-state index contributed by atoms with van der Waals surface area (Å²) >= 11 is 0. The molecule has 0 radical (unpaired) electrons. The summed E-state index contributed by atoms with van der Waals surface area (Å²) in [5, 5.41) is 0. The Morgan fingerprint density at radius 2 is 1.65 bits per heavy atom. The molecule has 0 aromatic heterocycles. The molecule has 0 fully saturated rings. The smallest absolute Gasteiger partial charge is 0.0629 e. The zero-order chi connectivity index (χ0) is 12.1. The number of para-hydroxylation sites is 1. The Labute approximate surface area is 103 Å². The fourth-order valence-electron chi connectivity index (χ4n) is 1.41. The zero-order valence-electron chi connectivity index (χ0n) is 9.54. The van der Waals surface area contributed by atoms with E-state index in [9.17, 15) is 4.21 Å². The van der Waals surface area contributed by atoms with Gasteiger partial charge in [-0.05, 0) is 29.8 Å². The molecule has 2 rings (SSSR count). The van der Waals surface area contributed by atoms with Gasteiger partial charge in [-0.2, -0.15) is 0 Å². The third kappa shape index (κ3) is 3.36. The van der Waals surface area contributed by atoms with Crippen molar-refractivity contribution in [1.82, 2.24) is 0 Å². The standard InChI is InChI=1S/C14H13NOS/c1-17(16)14-9-7-12(8-10-14)11-15-13-5-3-2-4-6-13/h2-11H,1H3. The van der Waals surface area contributed by atoms with Crippen molar-refractivity contribution in [2.24, 2.45) is 4.99 Å². The van der Waals surface area contributed by atoms with E-state index in [-0.39, 0.29) is 0 Å². The summed E-state index contributed by atoms with van der Waals surface area (Å²) in [5.74, 6) is 0. The molecule has 0 aliphatic rings. The number of benzene rings is 2. The van der Waals surface area contributed by atoms with Gasteiger partial charge in [0.1, 0.15) is 0 Å². The Balaban J connectivity index is 2.14. The molecule has 2 aromatic carbocycles. The van der Waals surface area contributed by atoms with Crippen LogP contribution < -0.4 is 0 Å². The summed E-state index contributed by atoms with van der Waals surface area (Å²) in [6.07, 6.45) is 3.48. The third-order valence-corrected chi connectivity index (χ3v) is 3.27. The molecule has 0 saturated heterocycles. The second kappa shape index (κ2) is 5.55. The molecule has 0 bridgehead atoms. The van der Waals surface area contributed by atoms with Gasteiger partial charge in [0, 0.05) is 28.2 Å². The van der Waals surface area contributed by atoms with Crippen molar-refractivity contribution in [3.8, 4) is 0 Å². The van der Waals surface area contributed by atoms with E-state index in [0.29, 0.717) is 0 Å². The van der Waals surface area contributed by atoms with Crippen molar-refractivity contribution in [3.05, 3.63) is 60.2 Å². The molecule has 0 N–H and O–H groups in total. The third-order valence-electron chi connectivity index (χ3n) is 2.33. The molecule has 0 saturated carbocycles. The maximum Gasteiger partial charge on any atom is 0.0629 e. The topological polar surface area (TPSA) is 29.4 Å². The van der Waals surface area contributed by atoms with Gasteiger partial charge in [-0.25, -0.2) is 0 Å². The molecule has 86 valence electrons. The lowest BCUT2D eigenvalue weighted by Crippen LogP contribution is -1.87. The predicted octanol–water partition coefficient (Wildman–Crippen LogP) is 3.17. The van der Waals surface area contributed by atoms with Gasteiger partial charge in [0.25, 0.3) is 0 Å². The molecular weight excluding hydrogens is 230 g/mol. The van der Waals surface area contributed by atoms with E-state index in [1.807, 2.05) is 54.6 Å². The minimum atomic E-state index is -0.922. The Morgan fingerprint density at radius 1 is 1.00 bits per heavy atom. The first kappa shape index (κ1) is 11.7. The molecule has 0 aliphatic heterocycles. The van der Waals surface area contributed by atoms with Crippen molar-refractivity contribution >= 4 is 22.7 Å². The van der Waals surface area contributed by atoms with Crippen LogP contribution in [0.4, 0.5) is 5.69 Å². The van der Waals surface area contributed by atoms with Gasteiger partial charge >= 0.3 is 0 Å². The molecule has 1 atom stereocenters. The van der Waals surface area contributed by atoms with Crippen molar-refractivity contribution in [1.29, 1.82) is 0 Å². The highest BCUT2D eigenvalue weighted by Gasteiger charge is 1.95. The van der Waals surface area contributed by atoms with Crippen LogP contribution in [0.5, 0.6) is 0 Å². The van der Waals surface area contributed by atoms with Crippen LogP contribution in [0.1, 0.15) is 5.56 Å². The van der Waals surface area contributed by atoms with Crippen LogP contribution in [-0.2, 0) is 10.8 Å². The summed E-state index contributed by atoms with van der Waals surface area (Å²) in [7, 11) is -0.922. The first-order chi connectivity index (χ1) is 8.25. The quantitative estimate of drug-likeness (QED) is 0.761. The Kier molecular flexibility index (Phi) is 3.83. The monoisotopic (exact) mass is 243 g/mol. The fraction of sp³-hybridized carbons (Fsp3) is 0.0714. The zero-order valence-corrected chi connectivity index (χ0v) is 10.4. The molecule has 0 aliphatic carbocycles. The van der Waals surface area contributed by atoms with Crippen molar-refractivity contribution in [3.63, 3.8) is 0 Å². The Bertz CT molecular complexity index is 532. The highest BCUT2D eigenvalue weighted by atomic mass is 32.2. The van der Waals surface area contributed by atoms with Gasteiger partial charge in [-0.3, -0.25) is 9.20 Å². The molecule has 0 spiro atoms. The molecule has 0 amide bonds. The largest absolute Gasteiger partial charge is 0.256 e. The SMILES string of the molecule is CS(=O)c1ccc(C=Nc2ccccc2)cc1. The summed E-state index contributed by atoms with van der Waals surface area (Å²) in [6, 6.07) is 17.3. The van der Waals surface area contributed by atoms with E-state index in [1.165, 1.54) is 0 Å². The minimum Gasteiger partial charge on any atom is -0.256 e. The van der Waals surface area contributed by atoms with Gasteiger partial charge < -0.3 is 0 Å². The Morgan fingerprint density at radius 3 is 2.24 bits per heavy atom. The molecule has 1 unspecified atom stereocenters. The maximum atomic E-state index is 11.2. The number of nitrogens with zero attached hydrogens (tertiary/aromatic N) is 1. The fourth-order valence-corrected chi connectivity index (χ4v) is 1.93. The minimum absolute atomic E-state index is 0.835. The van der Waals surface area contributed by atoms with Gasteiger partial charge in [-0.15, -0.1) is 0 Å². The number of aliphatic imine (C=N–C) groups is 1. The number of hydrogen-bond donors (Lipinski definition) is 0. The summed E-state index contributed by atoms with van der Waals surface area (Å²) < 4.78 is 11.2. The second-order valence-electron chi connectivity index (χ2n) is 3.62. The van der Waals surface area contributed by atoms with Crippen LogP contribution >= 0.6 is 0 Å². The van der Waals surface area contributed by atoms with Gasteiger partial charge in [0.05, 0.1) is 5.69 Å². The Hall–Kier alpha value is -1.74. The van der Waals surface area contributed by atoms with E-state index in [1.54, 1.807) is 12.5 Å². The van der Waals surface area contributed by atoms with Gasteiger partial charge in [0.2, 0.25) is 0 Å². The van der Waals surface area contributed by atoms with E-state index in [2.05, 4.69) is 4.99 Å². The van der Waals surface area contributed by atoms with Crippen LogP contribution in [0.3, 0.4) is 0 Å². The maximum absolute atomic E-state index is 11.2. The van der Waals surface area contributed by atoms with Gasteiger partial charge in [-0.1, -0.05) is 30.3 Å². The average molecular weight is 243 g/mol. The van der Waals surface area contributed by atoms with E-state index < -0.39 is 10.8 Å². The predicted molar refractivity (Wildman–Crippen MR) is 72.5 cm³/mol. The van der Waals surface area contributed by atoms with Crippen LogP contribution in [0, 0.1) is 0 Å². The van der Waals surface area contributed by atoms with Crippen LogP contribution in [-0.4, -0.2) is 16.7 Å². The number of rotatable bonds is 3. The molecule has 3 heteroatoms. The van der Waals surface area contributed by atoms with Gasteiger partial charge in [0.15, 0.2) is 0 Å². The summed E-state index contributed by atoms with van der Waals surface area (Å²) in [6.45, 7) is 0. The normalized spacial score (nSPS) is 12.8. The molecule has 0 heterocycles. The summed E-state index contributed by atoms with van der Waals surface area (Å²) in [5.41, 5.74) is 1.93. The lowest BCUT2D eigenvalue weighted by atomic mass is 10.2. The lowest BCUT2D eigenvalue weighted by molar-refractivity contribution is 0.687. The molecule has 17 heavy (non-hydrogen) atoms. The van der Waals surface area contributed by atoms with Crippen LogP contribution in [0.2, 0.25) is 0 Å². The molecule has 2 nitrogen and oxygen atoms in total. The highest BCUT2D eigenvalue weighted by molar-refractivity contribution is 7.84.